The number of hydrogen-bond acceptors (Lipinski definition) is 0. The van der Waals surface area contributed by atoms with Crippen molar-refractivity contribution in [2.75, 3.05) is 0 Å². The van der Waals surface area contributed by atoms with Crippen molar-refractivity contribution in [1.29, 1.82) is 0 Å². The molecule has 2 aliphatic carbocycles. The quantitative estimate of drug-likeness (QED) is 0.209. The van der Waals surface area contributed by atoms with Crippen LogP contribution in [0.25, 0.3) is 33.9 Å². The molecule has 6 rings (SSSR count). The number of rotatable bonds is 4. The van der Waals surface area contributed by atoms with Gasteiger partial charge in [0.15, 0.2) is 0 Å². The van der Waals surface area contributed by atoms with Gasteiger partial charge in [0, 0.05) is 0 Å². The van der Waals surface area contributed by atoms with E-state index < -0.39 is 25.8 Å². The van der Waals surface area contributed by atoms with Crippen molar-refractivity contribution >= 4 is 17.1 Å². The zero-order chi connectivity index (χ0) is 32.4. The van der Waals surface area contributed by atoms with Gasteiger partial charge in [-0.1, -0.05) is 0 Å². The Morgan fingerprint density at radius 2 is 1.04 bits per heavy atom. The van der Waals surface area contributed by atoms with E-state index in [-0.39, 0.29) is 35.6 Å². The van der Waals surface area contributed by atoms with Gasteiger partial charge in [-0.15, -0.1) is 0 Å². The third kappa shape index (κ3) is 6.92. The molecule has 2 aliphatic rings. The molecule has 0 nitrogen and oxygen atoms in total. The molecule has 0 aromatic heterocycles. The molecule has 0 aliphatic heterocycles. The van der Waals surface area contributed by atoms with Crippen LogP contribution in [0.15, 0.2) is 96.1 Å². The molecule has 0 bridgehead atoms. The van der Waals surface area contributed by atoms with Crippen LogP contribution in [-0.4, -0.2) is 5.43 Å². The molecule has 0 saturated heterocycles. The van der Waals surface area contributed by atoms with E-state index in [1.165, 1.54) is 50.1 Å². The number of allylic oxidation sites excluding steroid dienone is 3. The molecule has 0 amide bonds. The summed E-state index contributed by atoms with van der Waals surface area (Å²) in [6.45, 7) is 26.4. The fourth-order valence-corrected chi connectivity index (χ4v) is 28.7. The summed E-state index contributed by atoms with van der Waals surface area (Å²) in [7, 11) is 0. The largest absolute Gasteiger partial charge is 1.00 e. The number of benzene rings is 4. The topological polar surface area (TPSA) is 0 Å². The summed E-state index contributed by atoms with van der Waals surface area (Å²) < 4.78 is 1.27. The maximum absolute atomic E-state index is 2.63. The van der Waals surface area contributed by atoms with E-state index >= 15 is 0 Å². The van der Waals surface area contributed by atoms with E-state index in [1.807, 2.05) is 0 Å². The smallest absolute Gasteiger partial charge is 1.00 e. The Labute approximate surface area is 305 Å². The second-order valence-corrected chi connectivity index (χ2v) is 33.6. The van der Waals surface area contributed by atoms with Crippen LogP contribution in [0.2, 0.25) is 13.1 Å². The predicted octanol–water partition coefficient (Wildman–Crippen LogP) is 6.50. The fourth-order valence-electron chi connectivity index (χ4n) is 7.78. The first-order chi connectivity index (χ1) is 21.2. The van der Waals surface area contributed by atoms with Crippen molar-refractivity contribution in [2.24, 2.45) is 0 Å². The second kappa shape index (κ2) is 14.1. The van der Waals surface area contributed by atoms with E-state index in [0.717, 1.165) is 0 Å². The molecule has 244 valence electrons. The summed E-state index contributed by atoms with van der Waals surface area (Å²) in [6, 6.07) is 33.1. The first-order valence-corrected chi connectivity index (χ1v) is 25.7. The molecule has 4 aromatic carbocycles. The maximum atomic E-state index is 2.63. The second-order valence-electron chi connectivity index (χ2n) is 15.8. The Hall–Kier alpha value is -1.96. The summed E-state index contributed by atoms with van der Waals surface area (Å²) in [6.07, 6.45) is 2.56. The Morgan fingerprint density at radius 1 is 0.574 bits per heavy atom. The van der Waals surface area contributed by atoms with Crippen LogP contribution >= 0.6 is 0 Å². The maximum Gasteiger partial charge on any atom is -1.00 e. The number of fused-ring (bicyclic) bond motifs is 2. The fraction of sp³-hybridized carbons (Fsp3) is 0.349. The van der Waals surface area contributed by atoms with Crippen molar-refractivity contribution in [3.8, 4) is 22.3 Å². The third-order valence-corrected chi connectivity index (χ3v) is 30.3. The predicted molar refractivity (Wildman–Crippen MR) is 196 cm³/mol. The molecule has 47 heavy (non-hydrogen) atoms. The first kappa shape index (κ1) is 37.9. The molecule has 2 unspecified atom stereocenters. The summed E-state index contributed by atoms with van der Waals surface area (Å²) >= 11 is -2.16. The van der Waals surface area contributed by atoms with Crippen LogP contribution in [0.5, 0.6) is 0 Å². The van der Waals surface area contributed by atoms with Crippen LogP contribution in [0.1, 0.15) is 103 Å². The number of halogens is 2. The molecule has 0 heterocycles. The van der Waals surface area contributed by atoms with Gasteiger partial charge in [-0.25, -0.2) is 0 Å². The SMILES string of the molecule is CC1=Cc2c(-c3ccc(C(C)(C)C)cc3)cccc2[CH]1[Zr+2]([CH]1C(C)=C(C)c2c(-c3ccc(C(C)(C)C)cc3)cccc21)=[Si](C)C.[Cl-].[Cl-]. The molecular weight excluding hydrogens is 707 g/mol. The third-order valence-electron chi connectivity index (χ3n) is 10.4. The van der Waals surface area contributed by atoms with Crippen LogP contribution in [0.4, 0.5) is 0 Å². The Kier molecular flexibility index (Phi) is 11.4. The number of hydrogen-bond donors (Lipinski definition) is 0. The Morgan fingerprint density at radius 3 is 1.53 bits per heavy atom. The summed E-state index contributed by atoms with van der Waals surface area (Å²) in [4.78, 5) is 0. The van der Waals surface area contributed by atoms with E-state index in [9.17, 15) is 0 Å². The minimum atomic E-state index is -2.16. The monoisotopic (exact) mass is 754 g/mol. The van der Waals surface area contributed by atoms with Gasteiger partial charge in [0.2, 0.25) is 0 Å². The molecule has 4 aromatic rings. The van der Waals surface area contributed by atoms with E-state index in [2.05, 4.69) is 166 Å². The Balaban J connectivity index is 0.00000250. The minimum absolute atomic E-state index is 0. The van der Waals surface area contributed by atoms with Gasteiger partial charge in [0.1, 0.15) is 0 Å². The van der Waals surface area contributed by atoms with Crippen molar-refractivity contribution in [3.05, 3.63) is 129 Å². The molecule has 2 atom stereocenters. The van der Waals surface area contributed by atoms with Crippen molar-refractivity contribution < 1.29 is 45.2 Å². The van der Waals surface area contributed by atoms with Crippen molar-refractivity contribution in [3.63, 3.8) is 0 Å². The van der Waals surface area contributed by atoms with Crippen molar-refractivity contribution in [1.82, 2.24) is 0 Å². The van der Waals surface area contributed by atoms with Gasteiger partial charge in [0.25, 0.3) is 0 Å². The van der Waals surface area contributed by atoms with Crippen molar-refractivity contribution in [2.45, 2.75) is 93.5 Å². The van der Waals surface area contributed by atoms with Crippen LogP contribution < -0.4 is 24.8 Å². The van der Waals surface area contributed by atoms with E-state index in [4.69, 9.17) is 0 Å². The molecular formula is C43H50Cl2SiZr. The van der Waals surface area contributed by atoms with E-state index in [1.54, 1.807) is 22.3 Å². The Bertz CT molecular complexity index is 1890. The van der Waals surface area contributed by atoms with Crippen LogP contribution in [0.3, 0.4) is 0 Å². The average Bonchev–Trinajstić information content (AvgIpc) is 3.45. The summed E-state index contributed by atoms with van der Waals surface area (Å²) in [5.41, 5.74) is 19.2. The average molecular weight is 757 g/mol. The standard InChI is InChI=1S/C21H23.C20H21.C2H6Si.2ClH.Zr/c1-14-13-17-7-6-8-19(20(17)15(14)2)16-9-11-18(12-10-16)21(3,4)5;1-14-12-16-6-5-7-18(19(16)13-14)15-8-10-17(11-9-15)20(2,3)4;1-3-2;;;/h6-13H,1-5H3;5-13H,1-4H3;1-2H3;2*1H;/q;;;;;+2/p-2. The van der Waals surface area contributed by atoms with Crippen LogP contribution in [0, 0.1) is 0 Å². The molecule has 0 spiro atoms. The van der Waals surface area contributed by atoms with Gasteiger partial charge >= 0.3 is 283 Å². The van der Waals surface area contributed by atoms with Crippen LogP contribution in [-0.2, 0) is 31.2 Å². The minimum Gasteiger partial charge on any atom is -1.00 e. The van der Waals surface area contributed by atoms with Gasteiger partial charge < -0.3 is 24.8 Å². The summed E-state index contributed by atoms with van der Waals surface area (Å²) in [5, 5.41) is 0. The normalized spacial score (nSPS) is 16.8. The van der Waals surface area contributed by atoms with Gasteiger partial charge in [-0.2, -0.15) is 0 Å². The molecule has 0 fully saturated rings. The zero-order valence-electron chi connectivity index (χ0n) is 30.1. The van der Waals surface area contributed by atoms with Gasteiger partial charge in [-0.05, 0) is 0 Å². The van der Waals surface area contributed by atoms with Gasteiger partial charge in [-0.3, -0.25) is 0 Å². The summed E-state index contributed by atoms with van der Waals surface area (Å²) in [5.74, 6) is 0. The molecule has 0 radical (unpaired) electrons. The van der Waals surface area contributed by atoms with Gasteiger partial charge in [0.05, 0.1) is 0 Å². The van der Waals surface area contributed by atoms with E-state index in [0.29, 0.717) is 7.25 Å². The molecule has 0 saturated carbocycles. The zero-order valence-corrected chi connectivity index (χ0v) is 35.0. The molecule has 4 heteroatoms. The first-order valence-electron chi connectivity index (χ1n) is 16.7. The molecule has 0 N–H and O–H groups in total.